The van der Waals surface area contributed by atoms with E-state index in [4.69, 9.17) is 0 Å². The minimum absolute atomic E-state index is 0.109. The van der Waals surface area contributed by atoms with Gasteiger partial charge in [-0.15, -0.1) is 0 Å². The van der Waals surface area contributed by atoms with Gasteiger partial charge in [-0.05, 0) is 40.8 Å². The van der Waals surface area contributed by atoms with E-state index in [2.05, 4.69) is 0 Å². The molecule has 0 saturated carbocycles. The summed E-state index contributed by atoms with van der Waals surface area (Å²) in [6, 6.07) is 8.07. The SMILES string of the molecule is CC(C)c1ccc(-c2cc(C(F)(F)F)cc(C(F)(F)F)c2)cc1. The summed E-state index contributed by atoms with van der Waals surface area (Å²) in [5.74, 6) is 0.219. The first-order chi connectivity index (χ1) is 10.5. The number of rotatable bonds is 2. The van der Waals surface area contributed by atoms with E-state index in [1.54, 1.807) is 12.1 Å². The fourth-order valence-corrected chi connectivity index (χ4v) is 2.18. The molecule has 0 fully saturated rings. The zero-order valence-corrected chi connectivity index (χ0v) is 12.4. The highest BCUT2D eigenvalue weighted by atomic mass is 19.4. The zero-order valence-electron chi connectivity index (χ0n) is 12.4. The smallest absolute Gasteiger partial charge is 0.166 e. The molecule has 0 spiro atoms. The van der Waals surface area contributed by atoms with Gasteiger partial charge in [0.1, 0.15) is 0 Å². The number of halogens is 6. The van der Waals surface area contributed by atoms with Crippen LogP contribution in [0.4, 0.5) is 26.3 Å². The first kappa shape index (κ1) is 17.4. The first-order valence-electron chi connectivity index (χ1n) is 6.88. The number of hydrogen-bond acceptors (Lipinski definition) is 0. The van der Waals surface area contributed by atoms with Crippen molar-refractivity contribution in [1.82, 2.24) is 0 Å². The van der Waals surface area contributed by atoms with E-state index in [9.17, 15) is 26.3 Å². The van der Waals surface area contributed by atoms with Crippen molar-refractivity contribution in [2.24, 2.45) is 0 Å². The molecule has 0 heterocycles. The largest absolute Gasteiger partial charge is 0.416 e. The van der Waals surface area contributed by atoms with Crippen molar-refractivity contribution >= 4 is 0 Å². The molecule has 0 atom stereocenters. The lowest BCUT2D eigenvalue weighted by atomic mass is 9.96. The Labute approximate surface area is 129 Å². The second kappa shape index (κ2) is 5.91. The predicted molar refractivity (Wildman–Crippen MR) is 76.0 cm³/mol. The molecule has 0 aliphatic carbocycles. The van der Waals surface area contributed by atoms with Crippen LogP contribution in [0.3, 0.4) is 0 Å². The minimum atomic E-state index is -4.84. The Hall–Kier alpha value is -1.98. The van der Waals surface area contributed by atoms with Crippen LogP contribution in [0.25, 0.3) is 11.1 Å². The molecule has 0 saturated heterocycles. The minimum Gasteiger partial charge on any atom is -0.166 e. The Bertz CT molecular complexity index is 645. The Morgan fingerprint density at radius 2 is 1.09 bits per heavy atom. The van der Waals surface area contributed by atoms with Crippen LogP contribution in [0.15, 0.2) is 42.5 Å². The van der Waals surface area contributed by atoms with E-state index in [1.807, 2.05) is 13.8 Å². The lowest BCUT2D eigenvalue weighted by Gasteiger charge is -2.15. The van der Waals surface area contributed by atoms with Gasteiger partial charge < -0.3 is 0 Å². The summed E-state index contributed by atoms with van der Waals surface area (Å²) in [6.45, 7) is 3.89. The Morgan fingerprint density at radius 1 is 0.652 bits per heavy atom. The van der Waals surface area contributed by atoms with Gasteiger partial charge >= 0.3 is 12.4 Å². The summed E-state index contributed by atoms with van der Waals surface area (Å²) in [4.78, 5) is 0. The van der Waals surface area contributed by atoms with Crippen LogP contribution in [0.1, 0.15) is 36.5 Å². The Kier molecular flexibility index (Phi) is 4.46. The molecular formula is C17H14F6. The third-order valence-electron chi connectivity index (χ3n) is 3.50. The third-order valence-corrected chi connectivity index (χ3v) is 3.50. The molecule has 0 aromatic heterocycles. The molecule has 2 rings (SSSR count). The fourth-order valence-electron chi connectivity index (χ4n) is 2.18. The van der Waals surface area contributed by atoms with Gasteiger partial charge in [0.2, 0.25) is 0 Å². The van der Waals surface area contributed by atoms with Gasteiger partial charge in [-0.2, -0.15) is 26.3 Å². The maximum atomic E-state index is 12.9. The molecule has 0 unspecified atom stereocenters. The van der Waals surface area contributed by atoms with E-state index in [1.165, 1.54) is 12.1 Å². The van der Waals surface area contributed by atoms with Crippen molar-refractivity contribution in [3.05, 3.63) is 59.2 Å². The van der Waals surface area contributed by atoms with Crippen molar-refractivity contribution in [3.63, 3.8) is 0 Å². The molecule has 0 aliphatic rings. The highest BCUT2D eigenvalue weighted by Gasteiger charge is 2.36. The summed E-state index contributed by atoms with van der Waals surface area (Å²) >= 11 is 0. The molecule has 0 amide bonds. The predicted octanol–water partition coefficient (Wildman–Crippen LogP) is 6.51. The maximum absolute atomic E-state index is 12.9. The molecule has 2 aromatic carbocycles. The van der Waals surface area contributed by atoms with Gasteiger partial charge in [-0.25, -0.2) is 0 Å². The third kappa shape index (κ3) is 4.06. The van der Waals surface area contributed by atoms with E-state index < -0.39 is 23.5 Å². The van der Waals surface area contributed by atoms with Crippen LogP contribution in [0.5, 0.6) is 0 Å². The van der Waals surface area contributed by atoms with E-state index >= 15 is 0 Å². The van der Waals surface area contributed by atoms with Crippen LogP contribution >= 0.6 is 0 Å². The van der Waals surface area contributed by atoms with Crippen molar-refractivity contribution in [3.8, 4) is 11.1 Å². The summed E-state index contributed by atoms with van der Waals surface area (Å²) in [7, 11) is 0. The van der Waals surface area contributed by atoms with Crippen LogP contribution < -0.4 is 0 Å². The van der Waals surface area contributed by atoms with E-state index in [0.717, 1.165) is 17.7 Å². The lowest BCUT2D eigenvalue weighted by molar-refractivity contribution is -0.143. The number of hydrogen-bond donors (Lipinski definition) is 0. The normalized spacial score (nSPS) is 12.7. The van der Waals surface area contributed by atoms with Gasteiger partial charge in [0.15, 0.2) is 0 Å². The van der Waals surface area contributed by atoms with Crippen molar-refractivity contribution in [2.45, 2.75) is 32.1 Å². The zero-order chi connectivity index (χ0) is 17.4. The Morgan fingerprint density at radius 3 is 1.43 bits per heavy atom. The molecule has 124 valence electrons. The molecule has 0 radical (unpaired) electrons. The second-order valence-electron chi connectivity index (χ2n) is 5.57. The molecule has 0 bridgehead atoms. The topological polar surface area (TPSA) is 0 Å². The van der Waals surface area contributed by atoms with Gasteiger partial charge in [0.25, 0.3) is 0 Å². The monoisotopic (exact) mass is 332 g/mol. The van der Waals surface area contributed by atoms with E-state index in [0.29, 0.717) is 5.56 Å². The summed E-state index contributed by atoms with van der Waals surface area (Å²) in [6.07, 6.45) is -9.68. The maximum Gasteiger partial charge on any atom is 0.416 e. The van der Waals surface area contributed by atoms with E-state index in [-0.39, 0.29) is 17.5 Å². The van der Waals surface area contributed by atoms with Crippen molar-refractivity contribution in [1.29, 1.82) is 0 Å². The first-order valence-corrected chi connectivity index (χ1v) is 6.88. The molecule has 23 heavy (non-hydrogen) atoms. The van der Waals surface area contributed by atoms with Crippen LogP contribution in [0, 0.1) is 0 Å². The Balaban J connectivity index is 2.57. The van der Waals surface area contributed by atoms with Crippen molar-refractivity contribution < 1.29 is 26.3 Å². The van der Waals surface area contributed by atoms with Crippen LogP contribution in [-0.4, -0.2) is 0 Å². The van der Waals surface area contributed by atoms with Gasteiger partial charge in [0, 0.05) is 0 Å². The summed E-state index contributed by atoms with van der Waals surface area (Å²) in [5.41, 5.74) is -1.46. The molecule has 6 heteroatoms. The van der Waals surface area contributed by atoms with Gasteiger partial charge in [-0.3, -0.25) is 0 Å². The fraction of sp³-hybridized carbons (Fsp3) is 0.294. The summed E-state index contributed by atoms with van der Waals surface area (Å²) < 4.78 is 77.1. The van der Waals surface area contributed by atoms with Crippen LogP contribution in [0.2, 0.25) is 0 Å². The quantitative estimate of drug-likeness (QED) is 0.550. The average Bonchev–Trinajstić information content (AvgIpc) is 2.45. The van der Waals surface area contributed by atoms with Crippen molar-refractivity contribution in [2.75, 3.05) is 0 Å². The van der Waals surface area contributed by atoms with Gasteiger partial charge in [0.05, 0.1) is 11.1 Å². The lowest BCUT2D eigenvalue weighted by Crippen LogP contribution is -2.11. The molecule has 0 aliphatic heterocycles. The molecule has 0 nitrogen and oxygen atoms in total. The standard InChI is InChI=1S/C17H14F6/c1-10(2)11-3-5-12(6-4-11)13-7-14(16(18,19)20)9-15(8-13)17(21,22)23/h3-10H,1-2H3. The average molecular weight is 332 g/mol. The molecular weight excluding hydrogens is 318 g/mol. The second-order valence-corrected chi connectivity index (χ2v) is 5.57. The number of alkyl halides is 6. The number of benzene rings is 2. The highest BCUT2D eigenvalue weighted by Crippen LogP contribution is 2.38. The highest BCUT2D eigenvalue weighted by molar-refractivity contribution is 5.66. The van der Waals surface area contributed by atoms with Crippen LogP contribution in [-0.2, 0) is 12.4 Å². The van der Waals surface area contributed by atoms with Gasteiger partial charge in [-0.1, -0.05) is 38.1 Å². The molecule has 2 aromatic rings. The molecule has 0 N–H and O–H groups in total. The summed E-state index contributed by atoms with van der Waals surface area (Å²) in [5, 5.41) is 0.